The Balaban J connectivity index is 3.39. The zero-order chi connectivity index (χ0) is 20.1. The number of halogens is 2. The van der Waals surface area contributed by atoms with Crippen LogP contribution >= 0.6 is 27.5 Å². The Morgan fingerprint density at radius 2 is 1.69 bits per heavy atom. The number of rotatable bonds is 6. The van der Waals surface area contributed by atoms with E-state index >= 15 is 0 Å². The van der Waals surface area contributed by atoms with Crippen LogP contribution < -0.4 is 0 Å². The SMILES string of the molecule is COC(=O)C(CC(=O)OC(C)(C)C)(Cc1cc(Cl)ncc1Br)C(=O)OC. The molecule has 1 heterocycles. The maximum atomic E-state index is 12.5. The molecule has 0 amide bonds. The third-order valence-corrected chi connectivity index (χ3v) is 4.33. The van der Waals surface area contributed by atoms with Crippen molar-refractivity contribution < 1.29 is 28.6 Å². The van der Waals surface area contributed by atoms with E-state index in [1.807, 2.05) is 0 Å². The molecule has 1 rings (SSSR count). The van der Waals surface area contributed by atoms with Crippen LogP contribution in [-0.2, 0) is 35.0 Å². The molecule has 0 radical (unpaired) electrons. The molecule has 0 atom stereocenters. The molecule has 0 aromatic carbocycles. The number of carbonyl (C=O) groups excluding carboxylic acids is 3. The van der Waals surface area contributed by atoms with Gasteiger partial charge in [-0.2, -0.15) is 0 Å². The second-order valence-electron chi connectivity index (χ2n) is 6.60. The van der Waals surface area contributed by atoms with Crippen LogP contribution in [0.5, 0.6) is 0 Å². The fraction of sp³-hybridized carbons (Fsp3) is 0.529. The fourth-order valence-electron chi connectivity index (χ4n) is 2.36. The van der Waals surface area contributed by atoms with Crippen molar-refractivity contribution in [2.24, 2.45) is 5.41 Å². The van der Waals surface area contributed by atoms with Crippen molar-refractivity contribution in [1.29, 1.82) is 0 Å². The lowest BCUT2D eigenvalue weighted by molar-refractivity contribution is -0.177. The summed E-state index contributed by atoms with van der Waals surface area (Å²) in [6.45, 7) is 5.05. The highest BCUT2D eigenvalue weighted by molar-refractivity contribution is 9.10. The van der Waals surface area contributed by atoms with Crippen LogP contribution in [0.1, 0.15) is 32.8 Å². The number of methoxy groups -OCH3 is 2. The molecule has 144 valence electrons. The van der Waals surface area contributed by atoms with Crippen molar-refractivity contribution in [2.75, 3.05) is 14.2 Å². The highest BCUT2D eigenvalue weighted by atomic mass is 79.9. The van der Waals surface area contributed by atoms with Gasteiger partial charge in [-0.05, 0) is 48.3 Å². The van der Waals surface area contributed by atoms with Gasteiger partial charge >= 0.3 is 17.9 Å². The Bertz CT molecular complexity index is 685. The topological polar surface area (TPSA) is 91.8 Å². The zero-order valence-electron chi connectivity index (χ0n) is 15.2. The molecule has 7 nitrogen and oxygen atoms in total. The highest BCUT2D eigenvalue weighted by Gasteiger charge is 2.51. The number of hydrogen-bond acceptors (Lipinski definition) is 7. The van der Waals surface area contributed by atoms with Crippen LogP contribution in [0.25, 0.3) is 0 Å². The van der Waals surface area contributed by atoms with Crippen molar-refractivity contribution in [3.8, 4) is 0 Å². The first-order chi connectivity index (χ1) is 11.9. The van der Waals surface area contributed by atoms with Gasteiger partial charge < -0.3 is 14.2 Å². The maximum absolute atomic E-state index is 12.5. The van der Waals surface area contributed by atoms with Gasteiger partial charge in [0.2, 0.25) is 0 Å². The predicted octanol–water partition coefficient (Wildman–Crippen LogP) is 3.10. The van der Waals surface area contributed by atoms with Crippen LogP contribution in [-0.4, -0.2) is 42.7 Å². The normalized spacial score (nSPS) is 11.7. The summed E-state index contributed by atoms with van der Waals surface area (Å²) in [5.41, 5.74) is -2.21. The Kier molecular flexibility index (Phi) is 7.58. The lowest BCUT2D eigenvalue weighted by atomic mass is 9.78. The van der Waals surface area contributed by atoms with Gasteiger partial charge in [-0.25, -0.2) is 4.98 Å². The fourth-order valence-corrected chi connectivity index (χ4v) is 2.90. The van der Waals surface area contributed by atoms with Crippen molar-refractivity contribution in [1.82, 2.24) is 4.98 Å². The summed E-state index contributed by atoms with van der Waals surface area (Å²) >= 11 is 9.21. The van der Waals surface area contributed by atoms with E-state index in [4.69, 9.17) is 25.8 Å². The summed E-state index contributed by atoms with van der Waals surface area (Å²) < 4.78 is 15.4. The molecule has 1 aromatic rings. The third-order valence-electron chi connectivity index (χ3n) is 3.41. The molecule has 0 N–H and O–H groups in total. The van der Waals surface area contributed by atoms with E-state index in [0.29, 0.717) is 10.0 Å². The zero-order valence-corrected chi connectivity index (χ0v) is 17.6. The van der Waals surface area contributed by atoms with Crippen molar-refractivity contribution in [3.63, 3.8) is 0 Å². The Hall–Kier alpha value is -1.67. The molecule has 0 fully saturated rings. The first kappa shape index (κ1) is 22.4. The summed E-state index contributed by atoms with van der Waals surface area (Å²) in [6.07, 6.45) is 0.703. The number of ether oxygens (including phenoxy) is 3. The summed E-state index contributed by atoms with van der Waals surface area (Å²) in [6, 6.07) is 1.49. The van der Waals surface area contributed by atoms with Gasteiger partial charge in [-0.15, -0.1) is 0 Å². The van der Waals surface area contributed by atoms with E-state index in [2.05, 4.69) is 20.9 Å². The van der Waals surface area contributed by atoms with Crippen molar-refractivity contribution in [2.45, 2.75) is 39.2 Å². The van der Waals surface area contributed by atoms with Crippen LogP contribution in [0.2, 0.25) is 5.15 Å². The first-order valence-corrected chi connectivity index (χ1v) is 8.81. The largest absolute Gasteiger partial charge is 0.468 e. The van der Waals surface area contributed by atoms with E-state index in [1.165, 1.54) is 12.3 Å². The van der Waals surface area contributed by atoms with Gasteiger partial charge in [-0.3, -0.25) is 14.4 Å². The van der Waals surface area contributed by atoms with Crippen molar-refractivity contribution >= 4 is 45.4 Å². The van der Waals surface area contributed by atoms with E-state index in [0.717, 1.165) is 14.2 Å². The Labute approximate surface area is 165 Å². The monoisotopic (exact) mass is 449 g/mol. The van der Waals surface area contributed by atoms with Gasteiger partial charge in [0.1, 0.15) is 10.8 Å². The van der Waals surface area contributed by atoms with Gasteiger partial charge in [-0.1, -0.05) is 11.6 Å². The number of pyridine rings is 1. The number of carbonyl (C=O) groups is 3. The number of nitrogens with zero attached hydrogens (tertiary/aromatic N) is 1. The molecule has 0 spiro atoms. The molecule has 0 aliphatic heterocycles. The molecule has 26 heavy (non-hydrogen) atoms. The van der Waals surface area contributed by atoms with E-state index in [1.54, 1.807) is 20.8 Å². The molecule has 0 saturated carbocycles. The van der Waals surface area contributed by atoms with Crippen LogP contribution in [0.4, 0.5) is 0 Å². The molecular weight excluding hydrogens is 430 g/mol. The molecule has 9 heteroatoms. The second-order valence-corrected chi connectivity index (χ2v) is 7.85. The Morgan fingerprint density at radius 1 is 1.15 bits per heavy atom. The van der Waals surface area contributed by atoms with Gasteiger partial charge in [0.15, 0.2) is 5.41 Å². The molecular formula is C17H21BrClNO6. The van der Waals surface area contributed by atoms with Gasteiger partial charge in [0.05, 0.1) is 20.6 Å². The van der Waals surface area contributed by atoms with Crippen LogP contribution in [0.3, 0.4) is 0 Å². The van der Waals surface area contributed by atoms with Gasteiger partial charge in [0.25, 0.3) is 0 Å². The first-order valence-electron chi connectivity index (χ1n) is 7.64. The molecule has 0 bridgehead atoms. The van der Waals surface area contributed by atoms with E-state index in [9.17, 15) is 14.4 Å². The summed E-state index contributed by atoms with van der Waals surface area (Å²) in [7, 11) is 2.26. The Morgan fingerprint density at radius 3 is 2.15 bits per heavy atom. The second kappa shape index (κ2) is 8.81. The quantitative estimate of drug-likeness (QED) is 0.284. The van der Waals surface area contributed by atoms with E-state index in [-0.39, 0.29) is 11.6 Å². The standard InChI is InChI=1S/C17H21BrClNO6/c1-16(2,3)26-13(21)8-17(14(22)24-4,15(23)25-5)7-10-6-12(19)20-9-11(10)18/h6,9H,7-8H2,1-5H3. The minimum Gasteiger partial charge on any atom is -0.468 e. The molecule has 0 aliphatic carbocycles. The molecule has 0 aliphatic rings. The van der Waals surface area contributed by atoms with Crippen LogP contribution in [0, 0.1) is 5.41 Å². The average molecular weight is 451 g/mol. The van der Waals surface area contributed by atoms with Crippen molar-refractivity contribution in [3.05, 3.63) is 27.5 Å². The average Bonchev–Trinajstić information content (AvgIpc) is 2.54. The third kappa shape index (κ3) is 5.67. The van der Waals surface area contributed by atoms with E-state index < -0.39 is 35.3 Å². The number of hydrogen-bond donors (Lipinski definition) is 0. The summed E-state index contributed by atoms with van der Waals surface area (Å²) in [5.74, 6) is -2.55. The van der Waals surface area contributed by atoms with Gasteiger partial charge in [0, 0.05) is 17.1 Å². The maximum Gasteiger partial charge on any atom is 0.324 e. The number of esters is 3. The lowest BCUT2D eigenvalue weighted by Gasteiger charge is -2.29. The minimum absolute atomic E-state index is 0.170. The number of aromatic nitrogens is 1. The summed E-state index contributed by atoms with van der Waals surface area (Å²) in [4.78, 5) is 41.4. The minimum atomic E-state index is -1.92. The smallest absolute Gasteiger partial charge is 0.324 e. The van der Waals surface area contributed by atoms with Crippen LogP contribution in [0.15, 0.2) is 16.7 Å². The molecule has 0 unspecified atom stereocenters. The molecule has 1 aromatic heterocycles. The predicted molar refractivity (Wildman–Crippen MR) is 97.6 cm³/mol. The summed E-state index contributed by atoms with van der Waals surface area (Å²) in [5, 5.41) is 0.170. The molecule has 0 saturated heterocycles. The lowest BCUT2D eigenvalue weighted by Crippen LogP contribution is -2.46. The highest BCUT2D eigenvalue weighted by Crippen LogP contribution is 2.35.